The van der Waals surface area contributed by atoms with Gasteiger partial charge in [-0.15, -0.1) is 11.8 Å². The van der Waals surface area contributed by atoms with E-state index in [9.17, 15) is 19.2 Å². The SMILES string of the molecule is CC(C)(C)OC(=O)N[C@@H]1C(=O)N2C(C(=O)OC(c3ccccc3)c3ccccc3)=C(C=C3CCN(Cc4cccnc4)C3=O)CS[C@H]12. The number of alkyl carbamates (subject to hydrolysis) is 1. The number of ether oxygens (including phenoxy) is 2. The molecule has 3 aliphatic rings. The van der Waals surface area contributed by atoms with Crippen LogP contribution in [-0.2, 0) is 30.4 Å². The summed E-state index contributed by atoms with van der Waals surface area (Å²) in [5.41, 5.74) is 2.86. The van der Waals surface area contributed by atoms with E-state index in [-0.39, 0.29) is 11.6 Å². The van der Waals surface area contributed by atoms with E-state index >= 15 is 0 Å². The van der Waals surface area contributed by atoms with Gasteiger partial charge in [0.05, 0.1) is 0 Å². The molecule has 1 aromatic heterocycles. The smallest absolute Gasteiger partial charge is 0.408 e. The fraction of sp³-hybridized carbons (Fsp3) is 0.306. The Kier molecular flexibility index (Phi) is 9.17. The van der Waals surface area contributed by atoms with E-state index in [1.54, 1.807) is 44.1 Å². The highest BCUT2D eigenvalue weighted by Crippen LogP contribution is 2.42. The van der Waals surface area contributed by atoms with Crippen LogP contribution in [-0.4, -0.2) is 68.0 Å². The van der Waals surface area contributed by atoms with Crippen molar-refractivity contribution in [2.24, 2.45) is 0 Å². The minimum absolute atomic E-state index is 0.0730. The van der Waals surface area contributed by atoms with Gasteiger partial charge in [0.15, 0.2) is 6.10 Å². The van der Waals surface area contributed by atoms with Crippen molar-refractivity contribution in [3.63, 3.8) is 0 Å². The number of carbonyl (C=O) groups is 4. The molecular formula is C36H36N4O6S. The first-order valence-corrected chi connectivity index (χ1v) is 16.5. The summed E-state index contributed by atoms with van der Waals surface area (Å²) in [5, 5.41) is 2.12. The Morgan fingerprint density at radius 3 is 2.32 bits per heavy atom. The lowest BCUT2D eigenvalue weighted by atomic mass is 10.00. The topological polar surface area (TPSA) is 118 Å². The molecule has 3 aliphatic heterocycles. The van der Waals surface area contributed by atoms with Crippen LogP contribution in [0.4, 0.5) is 4.79 Å². The van der Waals surface area contributed by atoms with Gasteiger partial charge in [-0.1, -0.05) is 66.7 Å². The summed E-state index contributed by atoms with van der Waals surface area (Å²) in [6, 6.07) is 21.6. The van der Waals surface area contributed by atoms with Gasteiger partial charge >= 0.3 is 12.1 Å². The Morgan fingerprint density at radius 1 is 1.02 bits per heavy atom. The first-order chi connectivity index (χ1) is 22.6. The second kappa shape index (κ2) is 13.4. The van der Waals surface area contributed by atoms with Gasteiger partial charge in [0.2, 0.25) is 5.91 Å². The van der Waals surface area contributed by atoms with Crippen molar-refractivity contribution in [2.75, 3.05) is 12.3 Å². The van der Waals surface area contributed by atoms with Gasteiger partial charge in [-0.2, -0.15) is 0 Å². The highest BCUT2D eigenvalue weighted by atomic mass is 32.2. The predicted octanol–water partition coefficient (Wildman–Crippen LogP) is 5.14. The lowest BCUT2D eigenvalue weighted by Gasteiger charge is -2.49. The molecule has 0 radical (unpaired) electrons. The molecule has 2 saturated heterocycles. The molecule has 6 rings (SSSR count). The number of likely N-dealkylation sites (tertiary alicyclic amines) is 1. The van der Waals surface area contributed by atoms with Crippen LogP contribution in [0.1, 0.15) is 50.0 Å². The third kappa shape index (κ3) is 7.10. The number of thioether (sulfide) groups is 1. The van der Waals surface area contributed by atoms with E-state index in [0.29, 0.717) is 36.4 Å². The molecule has 3 amide bonds. The van der Waals surface area contributed by atoms with Crippen molar-refractivity contribution in [1.29, 1.82) is 0 Å². The number of nitrogens with zero attached hydrogens (tertiary/aromatic N) is 3. The molecule has 0 aliphatic carbocycles. The largest absolute Gasteiger partial charge is 0.448 e. The van der Waals surface area contributed by atoms with E-state index in [1.807, 2.05) is 72.8 Å². The Bertz CT molecular complexity index is 1680. The summed E-state index contributed by atoms with van der Waals surface area (Å²) in [7, 11) is 0. The Balaban J connectivity index is 1.32. The molecule has 47 heavy (non-hydrogen) atoms. The van der Waals surface area contributed by atoms with Gasteiger partial charge in [0.1, 0.15) is 22.7 Å². The van der Waals surface area contributed by atoms with Crippen LogP contribution in [0.25, 0.3) is 0 Å². The maximum Gasteiger partial charge on any atom is 0.408 e. The molecule has 2 fully saturated rings. The van der Waals surface area contributed by atoms with Crippen molar-refractivity contribution in [1.82, 2.24) is 20.1 Å². The average Bonchev–Trinajstić information content (AvgIpc) is 3.40. The van der Waals surface area contributed by atoms with Gasteiger partial charge in [0.25, 0.3) is 5.91 Å². The highest BCUT2D eigenvalue weighted by Gasteiger charge is 2.55. The summed E-state index contributed by atoms with van der Waals surface area (Å²) in [5.74, 6) is -0.956. The molecule has 10 nitrogen and oxygen atoms in total. The first-order valence-electron chi connectivity index (χ1n) is 15.5. The van der Waals surface area contributed by atoms with Gasteiger partial charge in [-0.25, -0.2) is 9.59 Å². The lowest BCUT2D eigenvalue weighted by molar-refractivity contribution is -0.153. The third-order valence-corrected chi connectivity index (χ3v) is 9.25. The molecule has 11 heteroatoms. The number of hydrogen-bond donors (Lipinski definition) is 1. The van der Waals surface area contributed by atoms with E-state index in [4.69, 9.17) is 9.47 Å². The molecule has 4 heterocycles. The Labute approximate surface area is 277 Å². The molecule has 3 aromatic rings. The molecule has 2 aromatic carbocycles. The number of aromatic nitrogens is 1. The summed E-state index contributed by atoms with van der Waals surface area (Å²) >= 11 is 1.41. The predicted molar refractivity (Wildman–Crippen MR) is 176 cm³/mol. The van der Waals surface area contributed by atoms with E-state index in [2.05, 4.69) is 10.3 Å². The van der Waals surface area contributed by atoms with Crippen LogP contribution in [0.5, 0.6) is 0 Å². The molecule has 2 atom stereocenters. The van der Waals surface area contributed by atoms with Crippen molar-refractivity contribution in [3.8, 4) is 0 Å². The number of allylic oxidation sites excluding steroid dienone is 1. The summed E-state index contributed by atoms with van der Waals surface area (Å²) in [6.07, 6.45) is 4.19. The van der Waals surface area contributed by atoms with Crippen LogP contribution in [0.3, 0.4) is 0 Å². The van der Waals surface area contributed by atoms with E-state index < -0.39 is 41.1 Å². The van der Waals surface area contributed by atoms with Crippen LogP contribution in [0, 0.1) is 0 Å². The lowest BCUT2D eigenvalue weighted by Crippen LogP contribution is -2.70. The van der Waals surface area contributed by atoms with Gasteiger partial charge in [-0.3, -0.25) is 19.5 Å². The number of benzene rings is 2. The Morgan fingerprint density at radius 2 is 1.70 bits per heavy atom. The third-order valence-electron chi connectivity index (χ3n) is 7.95. The fourth-order valence-corrected chi connectivity index (χ4v) is 7.10. The molecular weight excluding hydrogens is 616 g/mol. The standard InChI is InChI=1S/C36H36N4O6S/c1-36(2,3)46-35(44)38-28-32(42)40-29(34(43)45-30(24-12-6-4-7-13-24)25-14-8-5-9-15-25)27(22-47-33(28)40)19-26-16-18-39(31(26)41)21-23-11-10-17-37-20-23/h4-15,17,19-20,28,30,33H,16,18,21-22H2,1-3H3,(H,38,44)/t28-,33-/m1/s1. The zero-order chi connectivity index (χ0) is 33.1. The number of β-lactam (4-membered cyclic amide) rings is 1. The maximum atomic E-state index is 14.3. The van der Waals surface area contributed by atoms with Gasteiger partial charge in [-0.05, 0) is 61.6 Å². The van der Waals surface area contributed by atoms with Crippen molar-refractivity contribution in [3.05, 3.63) is 125 Å². The molecule has 0 saturated carbocycles. The number of nitrogens with one attached hydrogen (secondary N) is 1. The van der Waals surface area contributed by atoms with Gasteiger partial charge < -0.3 is 19.7 Å². The van der Waals surface area contributed by atoms with Crippen molar-refractivity contribution in [2.45, 2.75) is 56.9 Å². The number of fused-ring (bicyclic) bond motifs is 1. The quantitative estimate of drug-likeness (QED) is 0.202. The van der Waals surface area contributed by atoms with Crippen LogP contribution in [0.2, 0.25) is 0 Å². The van der Waals surface area contributed by atoms with Crippen LogP contribution < -0.4 is 5.32 Å². The molecule has 1 N–H and O–H groups in total. The normalized spacial score (nSPS) is 20.3. The van der Waals surface area contributed by atoms with Crippen molar-refractivity contribution < 1.29 is 28.7 Å². The number of amides is 3. The second-order valence-electron chi connectivity index (χ2n) is 12.5. The molecule has 242 valence electrons. The summed E-state index contributed by atoms with van der Waals surface area (Å²) in [6.45, 7) is 6.17. The number of carbonyl (C=O) groups excluding carboxylic acids is 4. The first kappa shape index (κ1) is 32.1. The molecule has 0 unspecified atom stereocenters. The van der Waals surface area contributed by atoms with E-state index in [1.165, 1.54) is 16.7 Å². The average molecular weight is 653 g/mol. The number of rotatable bonds is 8. The Hall–Kier alpha value is -4.90. The van der Waals surface area contributed by atoms with Gasteiger partial charge in [0, 0.05) is 36.8 Å². The summed E-state index contributed by atoms with van der Waals surface area (Å²) in [4.78, 5) is 61.2. The number of esters is 1. The second-order valence-corrected chi connectivity index (χ2v) is 13.6. The summed E-state index contributed by atoms with van der Waals surface area (Å²) < 4.78 is 11.6. The number of hydrogen-bond acceptors (Lipinski definition) is 8. The van der Waals surface area contributed by atoms with Crippen LogP contribution in [0.15, 0.2) is 108 Å². The fourth-order valence-electron chi connectivity index (χ4n) is 5.80. The minimum Gasteiger partial charge on any atom is -0.448 e. The van der Waals surface area contributed by atoms with Crippen LogP contribution >= 0.6 is 11.8 Å². The van der Waals surface area contributed by atoms with E-state index in [0.717, 1.165) is 16.7 Å². The number of pyridine rings is 1. The highest BCUT2D eigenvalue weighted by molar-refractivity contribution is 8.00. The minimum atomic E-state index is -0.881. The maximum absolute atomic E-state index is 14.3. The zero-order valence-corrected chi connectivity index (χ0v) is 27.2. The molecule has 0 bridgehead atoms. The molecule has 0 spiro atoms. The zero-order valence-electron chi connectivity index (χ0n) is 26.4. The monoisotopic (exact) mass is 652 g/mol. The van der Waals surface area contributed by atoms with Crippen molar-refractivity contribution >= 4 is 35.6 Å².